The number of fused-ring (bicyclic) bond motifs is 3. The average Bonchev–Trinajstić information content (AvgIpc) is 3.00. The molecule has 0 aliphatic carbocycles. The number of Topliss-reactive ketones (excluding diaryl/α,β-unsaturated/α-hetero) is 1. The van der Waals surface area contributed by atoms with Gasteiger partial charge in [-0.3, -0.25) is 9.80 Å². The van der Waals surface area contributed by atoms with Crippen LogP contribution >= 0.6 is 0 Å². The molecular formula is C18H16N2O2. The molecule has 2 aliphatic heterocycles. The molecule has 0 amide bonds. The Morgan fingerprint density at radius 1 is 1.14 bits per heavy atom. The van der Waals surface area contributed by atoms with Crippen LogP contribution in [0.15, 0.2) is 59.7 Å². The molecule has 0 radical (unpaired) electrons. The van der Waals surface area contributed by atoms with Crippen molar-refractivity contribution in [3.63, 3.8) is 0 Å². The van der Waals surface area contributed by atoms with E-state index in [0.29, 0.717) is 25.2 Å². The lowest BCUT2D eigenvalue weighted by atomic mass is 10.0. The zero-order chi connectivity index (χ0) is 14.9. The molecule has 2 heterocycles. The molecule has 4 nitrogen and oxygen atoms in total. The van der Waals surface area contributed by atoms with E-state index in [1.165, 1.54) is 0 Å². The fourth-order valence-corrected chi connectivity index (χ4v) is 2.95. The van der Waals surface area contributed by atoms with Crippen LogP contribution in [0.3, 0.4) is 0 Å². The molecule has 0 spiro atoms. The van der Waals surface area contributed by atoms with Gasteiger partial charge in [0.05, 0.1) is 6.04 Å². The summed E-state index contributed by atoms with van der Waals surface area (Å²) in [6.45, 7) is 0.572. The molecule has 0 bridgehead atoms. The second kappa shape index (κ2) is 5.30. The van der Waals surface area contributed by atoms with Crippen molar-refractivity contribution < 1.29 is 9.53 Å². The highest BCUT2D eigenvalue weighted by Crippen LogP contribution is 2.37. The minimum Gasteiger partial charge on any atom is -0.489 e. The minimum atomic E-state index is 0.0954. The summed E-state index contributed by atoms with van der Waals surface area (Å²) in [5.41, 5.74) is 2.62. The van der Waals surface area contributed by atoms with Crippen molar-refractivity contribution in [2.24, 2.45) is 5.10 Å². The molecule has 4 rings (SSSR count). The second-order valence-electron chi connectivity index (χ2n) is 5.61. The first kappa shape index (κ1) is 13.1. The lowest BCUT2D eigenvalue weighted by Gasteiger charge is -2.30. The summed E-state index contributed by atoms with van der Waals surface area (Å²) in [5, 5.41) is 6.51. The maximum Gasteiger partial charge on any atom is 0.183 e. The van der Waals surface area contributed by atoms with Crippen LogP contribution in [0.2, 0.25) is 0 Å². The quantitative estimate of drug-likeness (QED) is 0.873. The van der Waals surface area contributed by atoms with Gasteiger partial charge in [0.15, 0.2) is 5.78 Å². The minimum absolute atomic E-state index is 0.0954. The Bertz CT molecular complexity index is 740. The molecule has 1 unspecified atom stereocenters. The predicted octanol–water partition coefficient (Wildman–Crippen LogP) is 2.83. The Kier molecular flexibility index (Phi) is 3.15. The summed E-state index contributed by atoms with van der Waals surface area (Å²) in [6, 6.07) is 17.8. The van der Waals surface area contributed by atoms with Crippen molar-refractivity contribution >= 4 is 17.2 Å². The largest absolute Gasteiger partial charge is 0.489 e. The van der Waals surface area contributed by atoms with Crippen molar-refractivity contribution in [1.82, 2.24) is 0 Å². The average molecular weight is 292 g/mol. The number of hydrazone groups is 1. The number of para-hydroxylation sites is 2. The van der Waals surface area contributed by atoms with Crippen molar-refractivity contribution in [1.29, 1.82) is 0 Å². The lowest BCUT2D eigenvalue weighted by Crippen LogP contribution is -2.36. The smallest absolute Gasteiger partial charge is 0.183 e. The highest BCUT2D eigenvalue weighted by Gasteiger charge is 2.35. The van der Waals surface area contributed by atoms with Crippen LogP contribution in [-0.2, 0) is 11.2 Å². The summed E-state index contributed by atoms with van der Waals surface area (Å²) < 4.78 is 5.76. The van der Waals surface area contributed by atoms with E-state index in [2.05, 4.69) is 5.10 Å². The van der Waals surface area contributed by atoms with Crippen molar-refractivity contribution in [3.8, 4) is 5.75 Å². The van der Waals surface area contributed by atoms with E-state index in [-0.39, 0.29) is 11.8 Å². The zero-order valence-electron chi connectivity index (χ0n) is 12.1. The number of benzene rings is 2. The van der Waals surface area contributed by atoms with Crippen LogP contribution in [-0.4, -0.2) is 24.1 Å². The van der Waals surface area contributed by atoms with E-state index in [1.807, 2.05) is 59.6 Å². The number of nitrogens with zero attached hydrogens (tertiary/aromatic N) is 2. The number of carbonyl (C=O) groups is 1. The molecule has 0 saturated carbocycles. The van der Waals surface area contributed by atoms with E-state index in [1.54, 1.807) is 0 Å². The molecule has 2 aromatic rings. The fraction of sp³-hybridized carbons (Fsp3) is 0.222. The van der Waals surface area contributed by atoms with Crippen LogP contribution in [0.5, 0.6) is 5.75 Å². The molecule has 0 fully saturated rings. The summed E-state index contributed by atoms with van der Waals surface area (Å²) >= 11 is 0. The van der Waals surface area contributed by atoms with E-state index >= 15 is 0 Å². The van der Waals surface area contributed by atoms with Gasteiger partial charge in [-0.1, -0.05) is 42.5 Å². The Labute approximate surface area is 129 Å². The number of rotatable bonds is 3. The first-order valence-corrected chi connectivity index (χ1v) is 7.47. The van der Waals surface area contributed by atoms with Gasteiger partial charge in [-0.15, -0.1) is 0 Å². The van der Waals surface area contributed by atoms with Crippen LogP contribution < -0.4 is 9.75 Å². The predicted molar refractivity (Wildman–Crippen MR) is 85.4 cm³/mol. The summed E-state index contributed by atoms with van der Waals surface area (Å²) in [4.78, 5) is 12.5. The van der Waals surface area contributed by atoms with Crippen LogP contribution in [0.1, 0.15) is 12.0 Å². The normalized spacial score (nSPS) is 19.0. The third kappa shape index (κ3) is 2.26. The molecule has 22 heavy (non-hydrogen) atoms. The third-order valence-corrected chi connectivity index (χ3v) is 4.08. The summed E-state index contributed by atoms with van der Waals surface area (Å²) in [6.07, 6.45) is 1.06. The van der Waals surface area contributed by atoms with E-state index in [0.717, 1.165) is 17.0 Å². The molecule has 2 aromatic carbocycles. The Balaban J connectivity index is 1.57. The van der Waals surface area contributed by atoms with Gasteiger partial charge in [0.1, 0.15) is 23.8 Å². The fourth-order valence-electron chi connectivity index (χ4n) is 2.95. The number of hydrogen-bond acceptors (Lipinski definition) is 4. The molecule has 0 saturated heterocycles. The highest BCUT2D eigenvalue weighted by atomic mass is 16.5. The maximum absolute atomic E-state index is 12.5. The molecule has 0 N–H and O–H groups in total. The van der Waals surface area contributed by atoms with E-state index < -0.39 is 0 Å². The van der Waals surface area contributed by atoms with Gasteiger partial charge in [-0.25, -0.2) is 0 Å². The third-order valence-electron chi connectivity index (χ3n) is 4.08. The number of ether oxygens (including phenoxy) is 1. The topological polar surface area (TPSA) is 41.9 Å². The van der Waals surface area contributed by atoms with E-state index in [9.17, 15) is 4.79 Å². The highest BCUT2D eigenvalue weighted by molar-refractivity contribution is 6.41. The molecular weight excluding hydrogens is 276 g/mol. The first-order valence-electron chi connectivity index (χ1n) is 7.47. The molecule has 2 aliphatic rings. The van der Waals surface area contributed by atoms with Gasteiger partial charge in [-0.2, -0.15) is 5.10 Å². The van der Waals surface area contributed by atoms with Gasteiger partial charge in [-0.05, 0) is 17.7 Å². The number of anilines is 1. The van der Waals surface area contributed by atoms with Gasteiger partial charge >= 0.3 is 0 Å². The molecule has 0 aromatic heterocycles. The van der Waals surface area contributed by atoms with Crippen molar-refractivity contribution in [2.45, 2.75) is 18.9 Å². The van der Waals surface area contributed by atoms with Gasteiger partial charge in [0, 0.05) is 12.8 Å². The Morgan fingerprint density at radius 3 is 2.77 bits per heavy atom. The second-order valence-corrected chi connectivity index (χ2v) is 5.61. The van der Waals surface area contributed by atoms with E-state index in [4.69, 9.17) is 4.74 Å². The number of ketones is 1. The number of carbonyl (C=O) groups excluding carboxylic acids is 1. The van der Waals surface area contributed by atoms with Crippen LogP contribution in [0.4, 0.5) is 5.69 Å². The summed E-state index contributed by atoms with van der Waals surface area (Å²) in [5.74, 6) is 0.928. The molecule has 4 heteroatoms. The SMILES string of the molecule is O=C(Cc1ccccc1)C1=NN2c3ccccc3OCC2C1. The summed E-state index contributed by atoms with van der Waals surface area (Å²) in [7, 11) is 0. The van der Waals surface area contributed by atoms with Crippen molar-refractivity contribution in [2.75, 3.05) is 11.6 Å². The standard InChI is InChI=1S/C18H16N2O2/c21-17(10-13-6-2-1-3-7-13)15-11-14-12-22-18-9-5-4-8-16(18)20(14)19-15/h1-9,14H,10-12H2. The van der Waals surface area contributed by atoms with Crippen LogP contribution in [0.25, 0.3) is 0 Å². The zero-order valence-corrected chi connectivity index (χ0v) is 12.1. The van der Waals surface area contributed by atoms with Crippen molar-refractivity contribution in [3.05, 3.63) is 60.2 Å². The number of hydrogen-bond donors (Lipinski definition) is 0. The van der Waals surface area contributed by atoms with Gasteiger partial charge in [0.25, 0.3) is 0 Å². The lowest BCUT2D eigenvalue weighted by molar-refractivity contribution is -0.112. The monoisotopic (exact) mass is 292 g/mol. The van der Waals surface area contributed by atoms with Crippen LogP contribution in [0, 0.1) is 0 Å². The Morgan fingerprint density at radius 2 is 1.91 bits per heavy atom. The first-order chi connectivity index (χ1) is 10.8. The van der Waals surface area contributed by atoms with Gasteiger partial charge < -0.3 is 4.74 Å². The van der Waals surface area contributed by atoms with Gasteiger partial charge in [0.2, 0.25) is 0 Å². The Hall–Kier alpha value is -2.62. The molecule has 110 valence electrons. The maximum atomic E-state index is 12.5. The molecule has 1 atom stereocenters.